The van der Waals surface area contributed by atoms with Gasteiger partial charge in [-0.2, -0.15) is 13.2 Å². The second-order valence-electron chi connectivity index (χ2n) is 4.14. The number of nitrogens with zero attached hydrogens (tertiary/aromatic N) is 1. The minimum Gasteiger partial charge on any atom is -0.270 e. The van der Waals surface area contributed by atoms with Crippen molar-refractivity contribution in [3.05, 3.63) is 29.8 Å². The smallest absolute Gasteiger partial charge is 0.270 e. The Morgan fingerprint density at radius 1 is 1.17 bits per heavy atom. The van der Waals surface area contributed by atoms with Gasteiger partial charge in [0.25, 0.3) is 0 Å². The maximum absolute atomic E-state index is 12.6. The zero-order valence-electron chi connectivity index (χ0n) is 9.44. The Morgan fingerprint density at radius 2 is 1.89 bits per heavy atom. The summed E-state index contributed by atoms with van der Waals surface area (Å²) < 4.78 is 62.3. The van der Waals surface area contributed by atoms with Gasteiger partial charge in [0.2, 0.25) is 10.0 Å². The van der Waals surface area contributed by atoms with Gasteiger partial charge in [-0.3, -0.25) is 4.31 Å². The molecule has 0 aromatic heterocycles. The average molecular weight is 279 g/mol. The molecule has 1 aromatic carbocycles. The second kappa shape index (κ2) is 4.46. The lowest BCUT2D eigenvalue weighted by Crippen LogP contribution is -2.37. The summed E-state index contributed by atoms with van der Waals surface area (Å²) in [6.45, 7) is 0.240. The molecule has 0 unspecified atom stereocenters. The summed E-state index contributed by atoms with van der Waals surface area (Å²) in [6.07, 6.45) is -3.25. The van der Waals surface area contributed by atoms with Crippen LogP contribution < -0.4 is 4.31 Å². The van der Waals surface area contributed by atoms with E-state index < -0.39 is 21.8 Å². The van der Waals surface area contributed by atoms with Crippen LogP contribution in [-0.2, 0) is 16.2 Å². The molecule has 1 aromatic rings. The Morgan fingerprint density at radius 3 is 2.50 bits per heavy atom. The minimum atomic E-state index is -4.46. The van der Waals surface area contributed by atoms with Gasteiger partial charge in [-0.1, -0.05) is 6.07 Å². The molecule has 2 rings (SSSR count). The lowest BCUT2D eigenvalue weighted by Gasteiger charge is -2.28. The topological polar surface area (TPSA) is 37.4 Å². The molecule has 18 heavy (non-hydrogen) atoms. The molecule has 0 radical (unpaired) electrons. The Kier molecular flexibility index (Phi) is 3.27. The van der Waals surface area contributed by atoms with Crippen molar-refractivity contribution in [3.8, 4) is 0 Å². The lowest BCUT2D eigenvalue weighted by molar-refractivity contribution is -0.137. The van der Waals surface area contributed by atoms with Crippen molar-refractivity contribution in [1.82, 2.24) is 0 Å². The molecule has 0 atom stereocenters. The van der Waals surface area contributed by atoms with E-state index in [9.17, 15) is 21.6 Å². The van der Waals surface area contributed by atoms with E-state index in [1.54, 1.807) is 0 Å². The summed E-state index contributed by atoms with van der Waals surface area (Å²) in [6, 6.07) is 4.42. The average Bonchev–Trinajstić information content (AvgIpc) is 2.27. The van der Waals surface area contributed by atoms with Gasteiger partial charge in [0.05, 0.1) is 17.0 Å². The number of alkyl halides is 3. The molecule has 1 heterocycles. The van der Waals surface area contributed by atoms with Crippen LogP contribution in [0.3, 0.4) is 0 Å². The number of halogens is 3. The van der Waals surface area contributed by atoms with Gasteiger partial charge in [0.1, 0.15) is 0 Å². The van der Waals surface area contributed by atoms with Crippen molar-refractivity contribution in [1.29, 1.82) is 0 Å². The highest BCUT2D eigenvalue weighted by molar-refractivity contribution is 7.92. The number of hydrogen-bond donors (Lipinski definition) is 0. The summed E-state index contributed by atoms with van der Waals surface area (Å²) >= 11 is 0. The van der Waals surface area contributed by atoms with Gasteiger partial charge >= 0.3 is 6.18 Å². The van der Waals surface area contributed by atoms with Gasteiger partial charge in [0, 0.05) is 6.54 Å². The summed E-state index contributed by atoms with van der Waals surface area (Å²) in [5.41, 5.74) is -0.745. The van der Waals surface area contributed by atoms with E-state index in [4.69, 9.17) is 0 Å². The standard InChI is InChI=1S/C11H12F3NO2S/c12-11(13,14)9-4-3-5-10(8-9)15-6-1-2-7-18(15,16)17/h3-5,8H,1-2,6-7H2. The van der Waals surface area contributed by atoms with Crippen molar-refractivity contribution in [3.63, 3.8) is 0 Å². The van der Waals surface area contributed by atoms with E-state index in [0.29, 0.717) is 12.8 Å². The minimum absolute atomic E-state index is 0.0107. The van der Waals surface area contributed by atoms with Crippen LogP contribution in [0.1, 0.15) is 18.4 Å². The zero-order chi connectivity index (χ0) is 13.4. The Bertz CT molecular complexity index is 539. The summed E-state index contributed by atoms with van der Waals surface area (Å²) in [5, 5.41) is 0. The van der Waals surface area contributed by atoms with Crippen molar-refractivity contribution in [2.75, 3.05) is 16.6 Å². The van der Waals surface area contributed by atoms with E-state index >= 15 is 0 Å². The predicted octanol–water partition coefficient (Wildman–Crippen LogP) is 2.64. The highest BCUT2D eigenvalue weighted by Crippen LogP contribution is 2.33. The fourth-order valence-electron chi connectivity index (χ4n) is 1.92. The Labute approximate surface area is 103 Å². The first-order valence-corrected chi connectivity index (χ1v) is 7.09. The first-order valence-electron chi connectivity index (χ1n) is 5.48. The molecule has 0 spiro atoms. The maximum Gasteiger partial charge on any atom is 0.416 e. The second-order valence-corrected chi connectivity index (χ2v) is 6.16. The monoisotopic (exact) mass is 279 g/mol. The fraction of sp³-hybridized carbons (Fsp3) is 0.455. The highest BCUT2D eigenvalue weighted by Gasteiger charge is 2.32. The molecule has 0 saturated carbocycles. The molecule has 0 bridgehead atoms. The molecule has 1 saturated heterocycles. The third-order valence-corrected chi connectivity index (χ3v) is 4.68. The van der Waals surface area contributed by atoms with Crippen LogP contribution in [0.5, 0.6) is 0 Å². The molecule has 1 fully saturated rings. The van der Waals surface area contributed by atoms with Gasteiger partial charge in [0.15, 0.2) is 0 Å². The van der Waals surface area contributed by atoms with Crippen LogP contribution in [0.2, 0.25) is 0 Å². The van der Waals surface area contributed by atoms with Crippen LogP contribution in [0, 0.1) is 0 Å². The molecule has 1 aliphatic heterocycles. The number of sulfonamides is 1. The van der Waals surface area contributed by atoms with Crippen molar-refractivity contribution in [2.45, 2.75) is 19.0 Å². The van der Waals surface area contributed by atoms with Crippen molar-refractivity contribution < 1.29 is 21.6 Å². The molecular formula is C11H12F3NO2S. The molecule has 100 valence electrons. The van der Waals surface area contributed by atoms with Crippen LogP contribution in [0.4, 0.5) is 18.9 Å². The molecule has 1 aliphatic rings. The van der Waals surface area contributed by atoms with Gasteiger partial charge < -0.3 is 0 Å². The molecule has 0 aliphatic carbocycles. The third kappa shape index (κ3) is 2.60. The van der Waals surface area contributed by atoms with Gasteiger partial charge in [-0.25, -0.2) is 8.42 Å². The maximum atomic E-state index is 12.6. The fourth-order valence-corrected chi connectivity index (χ4v) is 3.55. The van der Waals surface area contributed by atoms with Crippen LogP contribution in [0.25, 0.3) is 0 Å². The van der Waals surface area contributed by atoms with E-state index in [2.05, 4.69) is 0 Å². The summed E-state index contributed by atoms with van der Waals surface area (Å²) in [4.78, 5) is 0. The highest BCUT2D eigenvalue weighted by atomic mass is 32.2. The summed E-state index contributed by atoms with van der Waals surface area (Å²) in [7, 11) is -3.47. The first kappa shape index (κ1) is 13.2. The zero-order valence-corrected chi connectivity index (χ0v) is 10.3. The number of rotatable bonds is 1. The quantitative estimate of drug-likeness (QED) is 0.792. The van der Waals surface area contributed by atoms with E-state index in [1.807, 2.05) is 0 Å². The molecule has 0 amide bonds. The first-order chi connectivity index (χ1) is 8.31. The van der Waals surface area contributed by atoms with E-state index in [0.717, 1.165) is 16.4 Å². The molecule has 3 nitrogen and oxygen atoms in total. The van der Waals surface area contributed by atoms with E-state index in [1.165, 1.54) is 12.1 Å². The predicted molar refractivity (Wildman–Crippen MR) is 61.8 cm³/mol. The Balaban J connectivity index is 2.39. The van der Waals surface area contributed by atoms with Crippen molar-refractivity contribution in [2.24, 2.45) is 0 Å². The lowest BCUT2D eigenvalue weighted by atomic mass is 10.2. The SMILES string of the molecule is O=S1(=O)CCCCN1c1cccc(C(F)(F)F)c1. The largest absolute Gasteiger partial charge is 0.416 e. The van der Waals surface area contributed by atoms with E-state index in [-0.39, 0.29) is 18.0 Å². The number of benzene rings is 1. The summed E-state index contributed by atoms with van der Waals surface area (Å²) in [5.74, 6) is -0.0107. The van der Waals surface area contributed by atoms with Crippen LogP contribution in [0.15, 0.2) is 24.3 Å². The van der Waals surface area contributed by atoms with Crippen LogP contribution >= 0.6 is 0 Å². The normalized spacial score (nSPS) is 19.8. The van der Waals surface area contributed by atoms with Gasteiger partial charge in [-0.05, 0) is 31.0 Å². The molecular weight excluding hydrogens is 267 g/mol. The van der Waals surface area contributed by atoms with Crippen LogP contribution in [-0.4, -0.2) is 20.7 Å². The number of anilines is 1. The number of hydrogen-bond acceptors (Lipinski definition) is 2. The van der Waals surface area contributed by atoms with Gasteiger partial charge in [-0.15, -0.1) is 0 Å². The molecule has 7 heteroatoms. The van der Waals surface area contributed by atoms with Crippen molar-refractivity contribution >= 4 is 15.7 Å². The Hall–Kier alpha value is -1.24. The third-order valence-electron chi connectivity index (χ3n) is 2.81. The molecule has 0 N–H and O–H groups in total.